The molecule has 0 fully saturated rings. The van der Waals surface area contributed by atoms with Gasteiger partial charge in [-0.15, -0.1) is 11.3 Å². The summed E-state index contributed by atoms with van der Waals surface area (Å²) in [6.07, 6.45) is 5.66. The molecule has 3 heterocycles. The number of nitrogens with zero attached hydrogens (tertiary/aromatic N) is 2. The van der Waals surface area contributed by atoms with Crippen molar-refractivity contribution < 1.29 is 4.79 Å². The van der Waals surface area contributed by atoms with Crippen molar-refractivity contribution in [1.82, 2.24) is 9.47 Å². The molecule has 19 heavy (non-hydrogen) atoms. The van der Waals surface area contributed by atoms with Gasteiger partial charge < -0.3 is 9.47 Å². The number of hydrogen-bond acceptors (Lipinski definition) is 2. The minimum Gasteiger partial charge on any atom is -0.348 e. The predicted molar refractivity (Wildman–Crippen MR) is 77.9 cm³/mol. The van der Waals surface area contributed by atoms with Crippen molar-refractivity contribution in [2.45, 2.75) is 19.5 Å². The second-order valence-electron chi connectivity index (χ2n) is 4.68. The lowest BCUT2D eigenvalue weighted by molar-refractivity contribution is -0.129. The van der Waals surface area contributed by atoms with Crippen LogP contribution >= 0.6 is 11.3 Å². The Bertz CT molecular complexity index is 597. The van der Waals surface area contributed by atoms with Gasteiger partial charge in [0.1, 0.15) is 0 Å². The van der Waals surface area contributed by atoms with Crippen LogP contribution in [0.5, 0.6) is 0 Å². The van der Waals surface area contributed by atoms with Crippen LogP contribution in [0.2, 0.25) is 0 Å². The molecular formula is C15H16N2OS. The molecule has 0 saturated heterocycles. The lowest BCUT2D eigenvalue weighted by atomic mass is 10.1. The molecule has 98 valence electrons. The van der Waals surface area contributed by atoms with E-state index in [0.29, 0.717) is 0 Å². The summed E-state index contributed by atoms with van der Waals surface area (Å²) in [5.41, 5.74) is 1.21. The third-order valence-electron chi connectivity index (χ3n) is 3.56. The van der Waals surface area contributed by atoms with Gasteiger partial charge in [-0.1, -0.05) is 6.07 Å². The van der Waals surface area contributed by atoms with E-state index in [0.717, 1.165) is 18.0 Å². The Balaban J connectivity index is 1.75. The molecule has 3 nitrogen and oxygen atoms in total. The van der Waals surface area contributed by atoms with Crippen LogP contribution in [0.4, 0.5) is 0 Å². The van der Waals surface area contributed by atoms with E-state index in [-0.39, 0.29) is 11.9 Å². The average molecular weight is 272 g/mol. The zero-order valence-electron chi connectivity index (χ0n) is 10.8. The smallest absolute Gasteiger partial charge is 0.247 e. The van der Waals surface area contributed by atoms with E-state index in [2.05, 4.69) is 23.8 Å². The van der Waals surface area contributed by atoms with Crippen molar-refractivity contribution >= 4 is 23.3 Å². The lowest BCUT2D eigenvalue weighted by Crippen LogP contribution is -2.39. The van der Waals surface area contributed by atoms with Gasteiger partial charge in [0.25, 0.3) is 0 Å². The third kappa shape index (κ3) is 2.36. The first-order valence-electron chi connectivity index (χ1n) is 6.43. The summed E-state index contributed by atoms with van der Waals surface area (Å²) in [6.45, 7) is 3.74. The summed E-state index contributed by atoms with van der Waals surface area (Å²) in [4.78, 5) is 15.3. The topological polar surface area (TPSA) is 25.2 Å². The van der Waals surface area contributed by atoms with E-state index in [1.54, 1.807) is 17.4 Å². The quantitative estimate of drug-likeness (QED) is 0.771. The number of rotatable bonds is 2. The van der Waals surface area contributed by atoms with Crippen molar-refractivity contribution in [2.24, 2.45) is 0 Å². The first kappa shape index (κ1) is 12.2. The number of fused-ring (bicyclic) bond motifs is 1. The van der Waals surface area contributed by atoms with E-state index in [4.69, 9.17) is 0 Å². The van der Waals surface area contributed by atoms with Gasteiger partial charge in [0.15, 0.2) is 0 Å². The highest BCUT2D eigenvalue weighted by molar-refractivity contribution is 7.10. The molecule has 0 saturated carbocycles. The second kappa shape index (κ2) is 5.05. The maximum Gasteiger partial charge on any atom is 0.247 e. The van der Waals surface area contributed by atoms with Crippen molar-refractivity contribution in [3.63, 3.8) is 0 Å². The molecule has 0 N–H and O–H groups in total. The van der Waals surface area contributed by atoms with Gasteiger partial charge in [-0.25, -0.2) is 0 Å². The SMILES string of the molecule is CC1c2cccn2CCN1C(=O)C=Cc1cccs1. The summed E-state index contributed by atoms with van der Waals surface area (Å²) in [5, 5.41) is 2.01. The summed E-state index contributed by atoms with van der Waals surface area (Å²) in [6, 6.07) is 8.28. The highest BCUT2D eigenvalue weighted by Crippen LogP contribution is 2.25. The first-order valence-corrected chi connectivity index (χ1v) is 7.31. The van der Waals surface area contributed by atoms with Gasteiger partial charge in [-0.3, -0.25) is 4.79 Å². The Hall–Kier alpha value is -1.81. The van der Waals surface area contributed by atoms with Crippen molar-refractivity contribution in [1.29, 1.82) is 0 Å². The van der Waals surface area contributed by atoms with Crippen molar-refractivity contribution in [3.05, 3.63) is 52.5 Å². The van der Waals surface area contributed by atoms with Crippen LogP contribution in [0.1, 0.15) is 23.5 Å². The Morgan fingerprint density at radius 2 is 2.26 bits per heavy atom. The number of carbonyl (C=O) groups is 1. The lowest BCUT2D eigenvalue weighted by Gasteiger charge is -2.34. The fourth-order valence-corrected chi connectivity index (χ4v) is 3.13. The summed E-state index contributed by atoms with van der Waals surface area (Å²) >= 11 is 1.64. The number of hydrogen-bond donors (Lipinski definition) is 0. The molecule has 1 unspecified atom stereocenters. The molecule has 1 aliphatic rings. The molecule has 0 bridgehead atoms. The maximum atomic E-state index is 12.3. The van der Waals surface area contributed by atoms with Gasteiger partial charge in [0, 0.05) is 35.9 Å². The molecule has 1 aliphatic heterocycles. The summed E-state index contributed by atoms with van der Waals surface area (Å²) in [5.74, 6) is 0.0911. The van der Waals surface area contributed by atoms with Crippen LogP contribution in [0.15, 0.2) is 41.9 Å². The fraction of sp³-hybridized carbons (Fsp3) is 0.267. The molecule has 3 rings (SSSR count). The summed E-state index contributed by atoms with van der Waals surface area (Å²) in [7, 11) is 0. The van der Waals surface area contributed by atoms with Crippen LogP contribution < -0.4 is 0 Å². The molecule has 4 heteroatoms. The third-order valence-corrected chi connectivity index (χ3v) is 4.40. The fourth-order valence-electron chi connectivity index (χ4n) is 2.52. The van der Waals surface area contributed by atoms with E-state index < -0.39 is 0 Å². The van der Waals surface area contributed by atoms with Crippen LogP contribution in [-0.2, 0) is 11.3 Å². The van der Waals surface area contributed by atoms with Gasteiger partial charge in [-0.2, -0.15) is 0 Å². The van der Waals surface area contributed by atoms with Crippen LogP contribution in [0, 0.1) is 0 Å². The van der Waals surface area contributed by atoms with Gasteiger partial charge in [0.05, 0.1) is 6.04 Å². The van der Waals surface area contributed by atoms with Crippen LogP contribution in [-0.4, -0.2) is 21.9 Å². The maximum absolute atomic E-state index is 12.3. The number of carbonyl (C=O) groups excluding carboxylic acids is 1. The number of amides is 1. The number of thiophene rings is 1. The Morgan fingerprint density at radius 1 is 1.37 bits per heavy atom. The molecule has 1 atom stereocenters. The van der Waals surface area contributed by atoms with E-state index in [9.17, 15) is 4.79 Å². The largest absolute Gasteiger partial charge is 0.348 e. The molecule has 1 amide bonds. The molecule has 0 spiro atoms. The highest BCUT2D eigenvalue weighted by Gasteiger charge is 2.25. The van der Waals surface area contributed by atoms with E-state index in [1.807, 2.05) is 34.6 Å². The molecule has 0 radical (unpaired) electrons. The zero-order chi connectivity index (χ0) is 13.2. The second-order valence-corrected chi connectivity index (χ2v) is 5.66. The highest BCUT2D eigenvalue weighted by atomic mass is 32.1. The minimum atomic E-state index is 0.0911. The van der Waals surface area contributed by atoms with Crippen LogP contribution in [0.3, 0.4) is 0 Å². The Morgan fingerprint density at radius 3 is 3.05 bits per heavy atom. The normalized spacial score (nSPS) is 18.8. The molecule has 2 aromatic heterocycles. The molecule has 0 aliphatic carbocycles. The standard InChI is InChI=1S/C15H16N2OS/c1-12-14-5-2-8-16(14)9-10-17(12)15(18)7-6-13-4-3-11-19-13/h2-8,11-12H,9-10H2,1H3. The van der Waals surface area contributed by atoms with E-state index >= 15 is 0 Å². The van der Waals surface area contributed by atoms with Gasteiger partial charge in [-0.05, 0) is 36.6 Å². The molecule has 2 aromatic rings. The Kier molecular flexibility index (Phi) is 3.25. The Labute approximate surface area is 116 Å². The predicted octanol–water partition coefficient (Wildman–Crippen LogP) is 3.17. The monoisotopic (exact) mass is 272 g/mol. The first-order chi connectivity index (χ1) is 9.25. The average Bonchev–Trinajstić information content (AvgIpc) is 3.07. The molecule has 0 aromatic carbocycles. The number of aromatic nitrogens is 1. The zero-order valence-corrected chi connectivity index (χ0v) is 11.6. The van der Waals surface area contributed by atoms with Gasteiger partial charge >= 0.3 is 0 Å². The van der Waals surface area contributed by atoms with Crippen molar-refractivity contribution in [3.8, 4) is 0 Å². The van der Waals surface area contributed by atoms with Gasteiger partial charge in [0.2, 0.25) is 5.91 Å². The molecular weight excluding hydrogens is 256 g/mol. The van der Waals surface area contributed by atoms with Crippen LogP contribution in [0.25, 0.3) is 6.08 Å². The summed E-state index contributed by atoms with van der Waals surface area (Å²) < 4.78 is 2.22. The van der Waals surface area contributed by atoms with Crippen molar-refractivity contribution in [2.75, 3.05) is 6.54 Å². The minimum absolute atomic E-state index is 0.0911. The van der Waals surface area contributed by atoms with E-state index in [1.165, 1.54) is 5.69 Å².